The van der Waals surface area contributed by atoms with Crippen molar-refractivity contribution < 1.29 is 47.0 Å². The normalized spacial score (nSPS) is 29.0. The number of nitrogens with zero attached hydrogens (tertiary/aromatic N) is 3. The van der Waals surface area contributed by atoms with Gasteiger partial charge in [-0.2, -0.15) is 0 Å². The number of guanidine groups is 1. The van der Waals surface area contributed by atoms with Gasteiger partial charge in [0.2, 0.25) is 5.91 Å². The van der Waals surface area contributed by atoms with Gasteiger partial charge < -0.3 is 52.6 Å². The summed E-state index contributed by atoms with van der Waals surface area (Å²) in [6.07, 6.45) is 29.6. The van der Waals surface area contributed by atoms with Gasteiger partial charge in [0.25, 0.3) is 0 Å². The van der Waals surface area contributed by atoms with Crippen molar-refractivity contribution in [2.24, 2.45) is 10.9 Å². The fourth-order valence-electron chi connectivity index (χ4n) is 10.2. The van der Waals surface area contributed by atoms with Crippen molar-refractivity contribution >= 4 is 29.6 Å². The van der Waals surface area contributed by atoms with Crippen molar-refractivity contribution in [2.75, 3.05) is 32.8 Å². The summed E-state index contributed by atoms with van der Waals surface area (Å²) in [5.41, 5.74) is 2.57. The van der Waals surface area contributed by atoms with Crippen molar-refractivity contribution in [3.63, 3.8) is 0 Å². The maximum absolute atomic E-state index is 14.1. The molecular formula is C45H80Cl2N6O6. The Bertz CT molecular complexity index is 1310. The van der Waals surface area contributed by atoms with Crippen LogP contribution in [-0.2, 0) is 23.8 Å². The van der Waals surface area contributed by atoms with Crippen LogP contribution in [0.5, 0.6) is 0 Å². The Labute approximate surface area is 367 Å². The Hall–Kier alpha value is -1.67. The molecule has 0 bridgehead atoms. The van der Waals surface area contributed by atoms with Gasteiger partial charge >= 0.3 is 5.97 Å². The molecular weight excluding hydrogens is 791 g/mol. The lowest BCUT2D eigenvalue weighted by Crippen LogP contribution is -3.00. The number of halogens is 2. The number of hydrogen-bond donors (Lipinski definition) is 4. The van der Waals surface area contributed by atoms with E-state index >= 15 is 0 Å². The SMILES string of the molecule is CC[C@H]1C=CCC[C@@]2(C[C@@H]3CC[C@H]4[C@H](C(=O)OCCCCCCCCCCCCCCCC(=O)N(CCC[NH3+])C[C@@H](O)CCNCl)[C@]5(CCC[C@@H](C)O5)N=C(N2)N34)O1.[Cl-]. The predicted molar refractivity (Wildman–Crippen MR) is 230 cm³/mol. The number of ether oxygens (including phenoxy) is 3. The summed E-state index contributed by atoms with van der Waals surface area (Å²) < 4.78 is 19.6. The van der Waals surface area contributed by atoms with Crippen LogP contribution < -0.4 is 28.3 Å². The van der Waals surface area contributed by atoms with E-state index in [2.05, 4.69) is 46.8 Å². The first kappa shape index (κ1) is 50.0. The molecule has 12 nitrogen and oxygen atoms in total. The Kier molecular flexibility index (Phi) is 22.1. The van der Waals surface area contributed by atoms with Crippen LogP contribution in [0.4, 0.5) is 0 Å². The van der Waals surface area contributed by atoms with Gasteiger partial charge in [0.15, 0.2) is 11.7 Å². The molecule has 6 N–H and O–H groups in total. The maximum atomic E-state index is 14.1. The van der Waals surface area contributed by atoms with Gasteiger partial charge in [-0.05, 0) is 89.3 Å². The monoisotopic (exact) mass is 871 g/mol. The molecule has 3 saturated heterocycles. The standard InChI is InChI=1S/C45H79ClN6O6.ClH/c1-3-38-22-16-17-27-44(58-38)33-36-24-25-39-41(45(28-19-21-35(2)57-45)50-43(49-44)52(36)39)42(55)56-32-18-14-12-10-8-6-4-5-7-9-11-13-15-23-40(54)51(31-20-29-47)34-37(53)26-30-48-46;/h16,22,35-39,41,48,53H,3-15,17-21,23-34,47H2,1-2H3,(H,49,50);1H/t35-,36+,37+,38+,39+,41-,44+,45-;/m1./s1. The van der Waals surface area contributed by atoms with E-state index in [0.29, 0.717) is 45.1 Å². The van der Waals surface area contributed by atoms with E-state index in [1.807, 2.05) is 0 Å². The number of amides is 1. The predicted octanol–water partition coefficient (Wildman–Crippen LogP) is 3.89. The second-order valence-electron chi connectivity index (χ2n) is 18.0. The molecule has 5 aliphatic heterocycles. The quantitative estimate of drug-likeness (QED) is 0.0440. The highest BCUT2D eigenvalue weighted by molar-refractivity contribution is 6.13. The molecule has 0 aromatic rings. The molecule has 3 fully saturated rings. The van der Waals surface area contributed by atoms with E-state index in [0.717, 1.165) is 102 Å². The van der Waals surface area contributed by atoms with E-state index in [4.69, 9.17) is 31.0 Å². The summed E-state index contributed by atoms with van der Waals surface area (Å²) in [5.74, 6) is 0.461. The molecule has 0 saturated carbocycles. The third kappa shape index (κ3) is 14.7. The molecule has 5 rings (SSSR count). The number of carbonyl (C=O) groups excluding carboxylic acids is 2. The molecule has 0 radical (unpaired) electrons. The van der Waals surface area contributed by atoms with Crippen LogP contribution in [0.15, 0.2) is 17.1 Å². The second-order valence-corrected chi connectivity index (χ2v) is 18.3. The summed E-state index contributed by atoms with van der Waals surface area (Å²) in [7, 11) is 0. The summed E-state index contributed by atoms with van der Waals surface area (Å²) in [5, 5.41) is 14.0. The van der Waals surface area contributed by atoms with Crippen LogP contribution in [0.3, 0.4) is 0 Å². The van der Waals surface area contributed by atoms with Crippen molar-refractivity contribution in [3.8, 4) is 0 Å². The molecule has 340 valence electrons. The van der Waals surface area contributed by atoms with Crippen LogP contribution in [-0.4, -0.2) is 107 Å². The first-order valence-electron chi connectivity index (χ1n) is 23.7. The number of hydrogen-bond acceptors (Lipinski definition) is 10. The van der Waals surface area contributed by atoms with Crippen molar-refractivity contribution in [2.45, 2.75) is 216 Å². The zero-order chi connectivity index (χ0) is 41.2. The molecule has 14 heteroatoms. The highest BCUT2D eigenvalue weighted by atomic mass is 35.5. The lowest BCUT2D eigenvalue weighted by Gasteiger charge is -2.55. The minimum atomic E-state index is -0.887. The highest BCUT2D eigenvalue weighted by Crippen LogP contribution is 2.50. The molecule has 59 heavy (non-hydrogen) atoms. The van der Waals surface area contributed by atoms with Crippen LogP contribution in [0.2, 0.25) is 0 Å². The molecule has 8 atom stereocenters. The van der Waals surface area contributed by atoms with E-state index in [9.17, 15) is 14.7 Å². The number of carbonyl (C=O) groups is 2. The average molecular weight is 872 g/mol. The number of aliphatic hydroxyl groups is 1. The fourth-order valence-corrected chi connectivity index (χ4v) is 10.3. The molecule has 5 aliphatic rings. The number of aliphatic hydroxyl groups excluding tert-OH is 1. The van der Waals surface area contributed by atoms with Crippen molar-refractivity contribution in [1.29, 1.82) is 0 Å². The third-order valence-electron chi connectivity index (χ3n) is 13.3. The van der Waals surface area contributed by atoms with Crippen molar-refractivity contribution in [3.05, 3.63) is 12.2 Å². The first-order chi connectivity index (χ1) is 28.2. The van der Waals surface area contributed by atoms with Gasteiger partial charge in [-0.1, -0.05) is 89.7 Å². The minimum absolute atomic E-state index is 0. The summed E-state index contributed by atoms with van der Waals surface area (Å²) in [6, 6.07) is 0.328. The summed E-state index contributed by atoms with van der Waals surface area (Å²) in [4.78, 5) is 38.9. The van der Waals surface area contributed by atoms with Crippen LogP contribution >= 0.6 is 11.8 Å². The van der Waals surface area contributed by atoms with E-state index in [-0.39, 0.29) is 42.5 Å². The smallest absolute Gasteiger partial charge is 0.316 e. The first-order valence-corrected chi connectivity index (χ1v) is 24.0. The third-order valence-corrected chi connectivity index (χ3v) is 13.5. The van der Waals surface area contributed by atoms with Gasteiger partial charge in [-0.15, -0.1) is 0 Å². The number of unbranched alkanes of at least 4 members (excludes halogenated alkanes) is 12. The lowest BCUT2D eigenvalue weighted by atomic mass is 9.80. The molecule has 5 heterocycles. The van der Waals surface area contributed by atoms with Crippen molar-refractivity contribution in [1.82, 2.24) is 20.0 Å². The number of aliphatic imine (C=N–C) groups is 1. The number of nitrogens with one attached hydrogen (secondary N) is 2. The maximum Gasteiger partial charge on any atom is 0.316 e. The lowest BCUT2D eigenvalue weighted by molar-refractivity contribution is -0.368. The topological polar surface area (TPSA) is 153 Å². The van der Waals surface area contributed by atoms with E-state index < -0.39 is 23.5 Å². The molecule has 0 aliphatic carbocycles. The van der Waals surface area contributed by atoms with Gasteiger partial charge in [0.1, 0.15) is 11.6 Å². The van der Waals surface area contributed by atoms with Crippen LogP contribution in [0.1, 0.15) is 174 Å². The number of quaternary nitrogens is 1. The molecule has 0 aromatic heterocycles. The summed E-state index contributed by atoms with van der Waals surface area (Å²) >= 11 is 5.52. The largest absolute Gasteiger partial charge is 1.00 e. The average Bonchev–Trinajstić information content (AvgIpc) is 3.51. The molecule has 0 aromatic carbocycles. The van der Waals surface area contributed by atoms with Gasteiger partial charge in [0, 0.05) is 44.9 Å². The Morgan fingerprint density at radius 1 is 1.03 bits per heavy atom. The Morgan fingerprint density at radius 2 is 1.73 bits per heavy atom. The van der Waals surface area contributed by atoms with Gasteiger partial charge in [-0.3, -0.25) is 9.59 Å². The molecule has 2 spiro atoms. The van der Waals surface area contributed by atoms with Gasteiger partial charge in [0.05, 0.1) is 37.5 Å². The zero-order valence-corrected chi connectivity index (χ0v) is 38.1. The van der Waals surface area contributed by atoms with Gasteiger partial charge in [-0.25, -0.2) is 9.83 Å². The number of allylic oxidation sites excluding steroid dienone is 1. The van der Waals surface area contributed by atoms with E-state index in [1.165, 1.54) is 57.8 Å². The molecule has 0 unspecified atom stereocenters. The molecule has 1 amide bonds. The Morgan fingerprint density at radius 3 is 2.39 bits per heavy atom. The zero-order valence-electron chi connectivity index (χ0n) is 36.6. The minimum Gasteiger partial charge on any atom is -1.00 e. The Balaban J connectivity index is 0.00000769. The van der Waals surface area contributed by atoms with Crippen LogP contribution in [0.25, 0.3) is 0 Å². The number of rotatable bonds is 26. The summed E-state index contributed by atoms with van der Waals surface area (Å²) in [6.45, 7) is 7.09. The van der Waals surface area contributed by atoms with E-state index in [1.54, 1.807) is 4.90 Å². The van der Waals surface area contributed by atoms with Crippen LogP contribution in [0, 0.1) is 5.92 Å². The number of esters is 1. The highest BCUT2D eigenvalue weighted by Gasteiger charge is 2.62. The fraction of sp³-hybridized carbons (Fsp3) is 0.889. The second kappa shape index (κ2) is 26.1.